The summed E-state index contributed by atoms with van der Waals surface area (Å²) in [5.41, 5.74) is 9.45. The molecule has 26 heavy (non-hydrogen) atoms. The van der Waals surface area contributed by atoms with Crippen molar-refractivity contribution >= 4 is 17.9 Å². The Morgan fingerprint density at radius 1 is 1.12 bits per heavy atom. The Bertz CT molecular complexity index is 1190. The number of nitrogens with two attached hydrogens (primary N) is 1. The molecular weight excluding hydrogens is 332 g/mol. The molecule has 128 valence electrons. The highest BCUT2D eigenvalue weighted by Gasteiger charge is 2.20. The predicted molar refractivity (Wildman–Crippen MR) is 96.8 cm³/mol. The van der Waals surface area contributed by atoms with Crippen LogP contribution in [0.5, 0.6) is 0 Å². The summed E-state index contributed by atoms with van der Waals surface area (Å²) < 4.78 is 1.21. The maximum absolute atomic E-state index is 12.1. The number of hydrogen-bond donors (Lipinski definition) is 2. The van der Waals surface area contributed by atoms with Gasteiger partial charge in [0.1, 0.15) is 5.69 Å². The number of pyridine rings is 1. The molecule has 4 aromatic rings. The van der Waals surface area contributed by atoms with Gasteiger partial charge in [-0.05, 0) is 24.6 Å². The molecule has 0 aliphatic carbocycles. The van der Waals surface area contributed by atoms with Crippen molar-refractivity contribution in [2.45, 2.75) is 6.92 Å². The van der Waals surface area contributed by atoms with E-state index in [1.165, 1.54) is 4.40 Å². The second-order valence-corrected chi connectivity index (χ2v) is 5.79. The zero-order valence-corrected chi connectivity index (χ0v) is 13.8. The lowest BCUT2D eigenvalue weighted by Crippen LogP contribution is -2.15. The number of nitrogens with zero attached hydrogens (tertiary/aromatic N) is 4. The minimum Gasteiger partial charge on any atom is -0.369 e. The van der Waals surface area contributed by atoms with Crippen molar-refractivity contribution in [3.63, 3.8) is 0 Å². The Morgan fingerprint density at radius 3 is 2.62 bits per heavy atom. The van der Waals surface area contributed by atoms with E-state index in [1.54, 1.807) is 13.0 Å². The van der Waals surface area contributed by atoms with Gasteiger partial charge in [-0.1, -0.05) is 30.3 Å². The molecule has 3 N–H and O–H groups in total. The fourth-order valence-electron chi connectivity index (χ4n) is 2.97. The molecular formula is C18H14N6O2. The van der Waals surface area contributed by atoms with Gasteiger partial charge in [-0.3, -0.25) is 9.78 Å². The highest BCUT2D eigenvalue weighted by molar-refractivity contribution is 5.92. The third-order valence-electron chi connectivity index (χ3n) is 4.02. The number of aromatic amines is 1. The summed E-state index contributed by atoms with van der Waals surface area (Å²) in [6.45, 7) is 1.79. The van der Waals surface area contributed by atoms with Crippen LogP contribution in [-0.4, -0.2) is 30.9 Å². The monoisotopic (exact) mass is 346 g/mol. The van der Waals surface area contributed by atoms with Crippen LogP contribution in [0.3, 0.4) is 0 Å². The average molecular weight is 346 g/mol. The van der Waals surface area contributed by atoms with Crippen LogP contribution in [0.4, 0.5) is 5.95 Å². The molecule has 8 heteroatoms. The van der Waals surface area contributed by atoms with E-state index in [1.807, 2.05) is 36.4 Å². The number of aryl methyl sites for hydroxylation is 1. The van der Waals surface area contributed by atoms with Crippen LogP contribution in [0.15, 0.2) is 47.3 Å². The molecule has 0 radical (unpaired) electrons. The number of aldehydes is 1. The van der Waals surface area contributed by atoms with E-state index in [0.29, 0.717) is 34.4 Å². The molecule has 0 saturated carbocycles. The fraction of sp³-hybridized carbons (Fsp3) is 0.0556. The molecule has 1 aromatic carbocycles. The fourth-order valence-corrected chi connectivity index (χ4v) is 2.97. The summed E-state index contributed by atoms with van der Waals surface area (Å²) >= 11 is 0. The van der Waals surface area contributed by atoms with Gasteiger partial charge in [-0.2, -0.15) is 5.10 Å². The minimum absolute atomic E-state index is 0.0303. The number of carbonyl (C=O) groups excluding carboxylic acids is 1. The van der Waals surface area contributed by atoms with E-state index < -0.39 is 5.69 Å². The normalized spacial score (nSPS) is 11.0. The quantitative estimate of drug-likeness (QED) is 0.546. The molecule has 0 bridgehead atoms. The van der Waals surface area contributed by atoms with Gasteiger partial charge in [0.25, 0.3) is 0 Å². The van der Waals surface area contributed by atoms with Crippen LogP contribution in [0.25, 0.3) is 28.0 Å². The first-order valence-electron chi connectivity index (χ1n) is 7.85. The van der Waals surface area contributed by atoms with Gasteiger partial charge < -0.3 is 5.73 Å². The summed E-state index contributed by atoms with van der Waals surface area (Å²) in [5, 5.41) is 6.53. The van der Waals surface area contributed by atoms with Crippen LogP contribution >= 0.6 is 0 Å². The predicted octanol–water partition coefficient (Wildman–Crippen LogP) is 1.85. The zero-order chi connectivity index (χ0) is 18.3. The van der Waals surface area contributed by atoms with Gasteiger partial charge >= 0.3 is 5.69 Å². The summed E-state index contributed by atoms with van der Waals surface area (Å²) in [6.07, 6.45) is 0.678. The molecule has 3 heterocycles. The number of benzene rings is 1. The van der Waals surface area contributed by atoms with Crippen molar-refractivity contribution in [3.05, 3.63) is 64.3 Å². The molecule has 0 amide bonds. The third kappa shape index (κ3) is 2.44. The lowest BCUT2D eigenvalue weighted by Gasteiger charge is -2.12. The molecule has 0 fully saturated rings. The number of aromatic nitrogens is 5. The van der Waals surface area contributed by atoms with Crippen molar-refractivity contribution in [1.29, 1.82) is 0 Å². The molecule has 0 unspecified atom stereocenters. The van der Waals surface area contributed by atoms with E-state index in [-0.39, 0.29) is 11.6 Å². The number of nitrogens with one attached hydrogen (secondary N) is 1. The molecule has 0 spiro atoms. The first-order chi connectivity index (χ1) is 12.6. The van der Waals surface area contributed by atoms with Crippen LogP contribution in [0.2, 0.25) is 0 Å². The highest BCUT2D eigenvalue weighted by atomic mass is 16.1. The van der Waals surface area contributed by atoms with E-state index >= 15 is 0 Å². The Hall–Kier alpha value is -3.81. The van der Waals surface area contributed by atoms with E-state index in [9.17, 15) is 9.59 Å². The summed E-state index contributed by atoms with van der Waals surface area (Å²) in [4.78, 5) is 31.9. The second-order valence-electron chi connectivity index (χ2n) is 5.79. The zero-order valence-electron chi connectivity index (χ0n) is 13.8. The van der Waals surface area contributed by atoms with Gasteiger partial charge in [0, 0.05) is 11.3 Å². The minimum atomic E-state index is -0.479. The molecule has 0 saturated heterocycles. The lowest BCUT2D eigenvalue weighted by molar-refractivity contribution is 0.111. The maximum Gasteiger partial charge on any atom is 0.350 e. The SMILES string of the molecule is Cc1cc(-c2c(-c3ccccc3)nc(N)n3c(=O)[nH]nc23)cc(C=O)n1. The van der Waals surface area contributed by atoms with Crippen LogP contribution < -0.4 is 11.4 Å². The van der Waals surface area contributed by atoms with Gasteiger partial charge in [-0.25, -0.2) is 19.3 Å². The van der Waals surface area contributed by atoms with Gasteiger partial charge in [-0.15, -0.1) is 0 Å². The van der Waals surface area contributed by atoms with E-state index in [0.717, 1.165) is 5.56 Å². The third-order valence-corrected chi connectivity index (χ3v) is 4.02. The molecule has 0 aliphatic rings. The van der Waals surface area contributed by atoms with Crippen molar-refractivity contribution in [2.24, 2.45) is 0 Å². The Morgan fingerprint density at radius 2 is 1.88 bits per heavy atom. The first kappa shape index (κ1) is 15.7. The first-order valence-corrected chi connectivity index (χ1v) is 7.85. The van der Waals surface area contributed by atoms with Crippen molar-refractivity contribution in [1.82, 2.24) is 24.6 Å². The number of nitrogen functional groups attached to an aromatic ring is 1. The summed E-state index contributed by atoms with van der Waals surface area (Å²) in [6, 6.07) is 12.9. The molecule has 8 nitrogen and oxygen atoms in total. The number of anilines is 1. The molecule has 4 rings (SSSR count). The standard InChI is InChI=1S/C18H14N6O2/c1-10-7-12(8-13(9-25)20-10)14-15(11-5-3-2-4-6-11)21-17(19)24-16(14)22-23-18(24)26/h2-9H,1H3,(H2,19,21)(H,23,26). The average Bonchev–Trinajstić information content (AvgIpc) is 3.04. The Labute approximate surface area is 147 Å². The van der Waals surface area contributed by atoms with Crippen molar-refractivity contribution in [3.8, 4) is 22.4 Å². The molecule has 0 atom stereocenters. The number of hydrogen-bond acceptors (Lipinski definition) is 6. The summed E-state index contributed by atoms with van der Waals surface area (Å²) in [5.74, 6) is 0.0303. The Kier molecular flexibility index (Phi) is 3.58. The molecule has 0 aliphatic heterocycles. The van der Waals surface area contributed by atoms with Crippen molar-refractivity contribution in [2.75, 3.05) is 5.73 Å². The van der Waals surface area contributed by atoms with Crippen LogP contribution in [-0.2, 0) is 0 Å². The smallest absolute Gasteiger partial charge is 0.350 e. The maximum atomic E-state index is 12.1. The summed E-state index contributed by atoms with van der Waals surface area (Å²) in [7, 11) is 0. The van der Waals surface area contributed by atoms with Crippen molar-refractivity contribution < 1.29 is 4.79 Å². The van der Waals surface area contributed by atoms with Gasteiger partial charge in [0.05, 0.1) is 11.3 Å². The van der Waals surface area contributed by atoms with Crippen LogP contribution in [0, 0.1) is 6.92 Å². The van der Waals surface area contributed by atoms with E-state index in [4.69, 9.17) is 5.73 Å². The second kappa shape index (κ2) is 5.92. The number of rotatable bonds is 3. The largest absolute Gasteiger partial charge is 0.369 e. The number of H-pyrrole nitrogens is 1. The Balaban J connectivity index is 2.16. The van der Waals surface area contributed by atoms with E-state index in [2.05, 4.69) is 20.2 Å². The highest BCUT2D eigenvalue weighted by Crippen LogP contribution is 2.34. The van der Waals surface area contributed by atoms with Gasteiger partial charge in [0.15, 0.2) is 11.9 Å². The topological polar surface area (TPSA) is 119 Å². The lowest BCUT2D eigenvalue weighted by atomic mass is 9.99. The van der Waals surface area contributed by atoms with Gasteiger partial charge in [0.2, 0.25) is 5.95 Å². The van der Waals surface area contributed by atoms with Crippen LogP contribution in [0.1, 0.15) is 16.2 Å². The molecule has 3 aromatic heterocycles. The number of fused-ring (bicyclic) bond motifs is 1. The number of carbonyl (C=O) groups is 1.